The zero-order valence-corrected chi connectivity index (χ0v) is 14.2. The van der Waals surface area contributed by atoms with E-state index in [4.69, 9.17) is 12.2 Å². The molecule has 2 aromatic rings. The van der Waals surface area contributed by atoms with E-state index >= 15 is 0 Å². The van der Waals surface area contributed by atoms with Crippen LogP contribution >= 0.6 is 12.2 Å². The number of hydrogen-bond acceptors (Lipinski definition) is 2. The van der Waals surface area contributed by atoms with E-state index in [0.29, 0.717) is 11.0 Å². The van der Waals surface area contributed by atoms with Crippen LogP contribution in [0.4, 0.5) is 5.82 Å². The summed E-state index contributed by atoms with van der Waals surface area (Å²) in [5.74, 6) is 1.34. The van der Waals surface area contributed by atoms with E-state index in [1.807, 2.05) is 31.3 Å². The molecule has 2 N–H and O–H groups in total. The Balaban J connectivity index is 2.03. The molecule has 1 aromatic carbocycles. The van der Waals surface area contributed by atoms with Crippen molar-refractivity contribution < 1.29 is 0 Å². The summed E-state index contributed by atoms with van der Waals surface area (Å²) in [4.78, 5) is 4.32. The third-order valence-electron chi connectivity index (χ3n) is 3.37. The normalized spacial score (nSPS) is 12.0. The van der Waals surface area contributed by atoms with Crippen LogP contribution in [0.5, 0.6) is 0 Å². The van der Waals surface area contributed by atoms with Gasteiger partial charge in [-0.1, -0.05) is 50.2 Å². The van der Waals surface area contributed by atoms with Crippen molar-refractivity contribution in [1.82, 2.24) is 10.3 Å². The Bertz CT molecular complexity index is 593. The van der Waals surface area contributed by atoms with Crippen molar-refractivity contribution in [3.05, 3.63) is 59.8 Å². The van der Waals surface area contributed by atoms with Gasteiger partial charge in [-0.15, -0.1) is 0 Å². The van der Waals surface area contributed by atoms with Gasteiger partial charge >= 0.3 is 0 Å². The molecule has 1 atom stereocenters. The predicted molar refractivity (Wildman–Crippen MR) is 97.0 cm³/mol. The number of nitrogens with one attached hydrogen (secondary N) is 2. The molecule has 0 aliphatic carbocycles. The van der Waals surface area contributed by atoms with Gasteiger partial charge in [-0.3, -0.25) is 0 Å². The number of anilines is 1. The Labute approximate surface area is 138 Å². The van der Waals surface area contributed by atoms with Crippen molar-refractivity contribution >= 4 is 23.1 Å². The number of pyridine rings is 1. The van der Waals surface area contributed by atoms with Crippen LogP contribution in [0.15, 0.2) is 48.7 Å². The van der Waals surface area contributed by atoms with Gasteiger partial charge in [0.25, 0.3) is 0 Å². The van der Waals surface area contributed by atoms with E-state index in [1.165, 1.54) is 5.56 Å². The maximum atomic E-state index is 5.44. The summed E-state index contributed by atoms with van der Waals surface area (Å²) in [5, 5.41) is 7.16. The summed E-state index contributed by atoms with van der Waals surface area (Å²) >= 11 is 5.44. The molecular formula is C18H23N3S. The lowest BCUT2D eigenvalue weighted by molar-refractivity contribution is 0.481. The van der Waals surface area contributed by atoms with Gasteiger partial charge in [0.05, 0.1) is 6.04 Å². The Morgan fingerprint density at radius 1 is 1.14 bits per heavy atom. The van der Waals surface area contributed by atoms with Crippen LogP contribution in [0.25, 0.3) is 0 Å². The molecule has 116 valence electrons. The third-order valence-corrected chi connectivity index (χ3v) is 3.59. The maximum Gasteiger partial charge on any atom is 0.172 e. The molecular weight excluding hydrogens is 290 g/mol. The van der Waals surface area contributed by atoms with Crippen molar-refractivity contribution in [2.75, 3.05) is 5.32 Å². The first kappa shape index (κ1) is 16.4. The lowest BCUT2D eigenvalue weighted by atomic mass is 9.97. The van der Waals surface area contributed by atoms with Crippen molar-refractivity contribution in [3.8, 4) is 0 Å². The molecule has 0 unspecified atom stereocenters. The highest BCUT2D eigenvalue weighted by atomic mass is 32.1. The Kier molecular flexibility index (Phi) is 5.90. The van der Waals surface area contributed by atoms with Gasteiger partial charge in [-0.25, -0.2) is 4.98 Å². The monoisotopic (exact) mass is 313 g/mol. The largest absolute Gasteiger partial charge is 0.356 e. The van der Waals surface area contributed by atoms with Gasteiger partial charge in [0.2, 0.25) is 0 Å². The summed E-state index contributed by atoms with van der Waals surface area (Å²) in [6.07, 6.45) is 2.85. The van der Waals surface area contributed by atoms with Crippen molar-refractivity contribution in [2.24, 2.45) is 5.92 Å². The first-order valence-electron chi connectivity index (χ1n) is 7.59. The highest BCUT2D eigenvalue weighted by molar-refractivity contribution is 7.80. The average Bonchev–Trinajstić information content (AvgIpc) is 2.49. The molecule has 22 heavy (non-hydrogen) atoms. The standard InChI is InChI=1S/C18H23N3S/c1-13(2)11-16(15-7-5-4-6-8-15)20-18(22)21-17-10-9-14(3)12-19-17/h4-10,12-13,16H,11H2,1-3H3,(H2,19,20,21,22)/t16-/m0/s1. The first-order chi connectivity index (χ1) is 10.5. The van der Waals surface area contributed by atoms with Gasteiger partial charge in [0.15, 0.2) is 5.11 Å². The number of thiocarbonyl (C=S) groups is 1. The second-order valence-electron chi connectivity index (χ2n) is 5.91. The highest BCUT2D eigenvalue weighted by Gasteiger charge is 2.14. The van der Waals surface area contributed by atoms with Crippen LogP contribution in [0.1, 0.15) is 37.4 Å². The smallest absolute Gasteiger partial charge is 0.172 e. The quantitative estimate of drug-likeness (QED) is 0.799. The molecule has 0 saturated carbocycles. The SMILES string of the molecule is Cc1ccc(NC(=S)N[C@@H](CC(C)C)c2ccccc2)nc1. The van der Waals surface area contributed by atoms with Crippen LogP contribution in [0, 0.1) is 12.8 Å². The molecule has 1 aromatic heterocycles. The van der Waals surface area contributed by atoms with E-state index in [9.17, 15) is 0 Å². The highest BCUT2D eigenvalue weighted by Crippen LogP contribution is 2.21. The topological polar surface area (TPSA) is 37.0 Å². The zero-order valence-electron chi connectivity index (χ0n) is 13.3. The second-order valence-corrected chi connectivity index (χ2v) is 6.32. The van der Waals surface area contributed by atoms with Gasteiger partial charge < -0.3 is 10.6 Å². The van der Waals surface area contributed by atoms with E-state index in [1.54, 1.807) is 0 Å². The van der Waals surface area contributed by atoms with Crippen LogP contribution < -0.4 is 10.6 Å². The summed E-state index contributed by atoms with van der Waals surface area (Å²) in [6, 6.07) is 14.6. The van der Waals surface area contributed by atoms with Crippen LogP contribution in [-0.2, 0) is 0 Å². The molecule has 0 bridgehead atoms. The fraction of sp³-hybridized carbons (Fsp3) is 0.333. The fourth-order valence-corrected chi connectivity index (χ4v) is 2.53. The first-order valence-corrected chi connectivity index (χ1v) is 8.00. The summed E-state index contributed by atoms with van der Waals surface area (Å²) < 4.78 is 0. The molecule has 0 fully saturated rings. The molecule has 0 radical (unpaired) electrons. The molecule has 0 amide bonds. The minimum Gasteiger partial charge on any atom is -0.356 e. The molecule has 0 aliphatic rings. The number of nitrogens with zero attached hydrogens (tertiary/aromatic N) is 1. The minimum atomic E-state index is 0.201. The number of hydrogen-bond donors (Lipinski definition) is 2. The number of aryl methyl sites for hydroxylation is 1. The van der Waals surface area contributed by atoms with Crippen molar-refractivity contribution in [2.45, 2.75) is 33.2 Å². The molecule has 0 spiro atoms. The van der Waals surface area contributed by atoms with Gasteiger partial charge in [-0.05, 0) is 48.7 Å². The van der Waals surface area contributed by atoms with Crippen LogP contribution in [0.2, 0.25) is 0 Å². The average molecular weight is 313 g/mol. The molecule has 0 saturated heterocycles. The van der Waals surface area contributed by atoms with Gasteiger partial charge in [0.1, 0.15) is 5.82 Å². The Morgan fingerprint density at radius 3 is 2.45 bits per heavy atom. The van der Waals surface area contributed by atoms with Crippen LogP contribution in [-0.4, -0.2) is 10.1 Å². The molecule has 2 rings (SSSR count). The number of benzene rings is 1. The Hall–Kier alpha value is -1.94. The van der Waals surface area contributed by atoms with E-state index in [-0.39, 0.29) is 6.04 Å². The van der Waals surface area contributed by atoms with Crippen molar-refractivity contribution in [3.63, 3.8) is 0 Å². The second kappa shape index (κ2) is 7.90. The van der Waals surface area contributed by atoms with Crippen molar-refractivity contribution in [1.29, 1.82) is 0 Å². The van der Waals surface area contributed by atoms with Gasteiger partial charge in [-0.2, -0.15) is 0 Å². The minimum absolute atomic E-state index is 0.201. The number of aromatic nitrogens is 1. The molecule has 3 nitrogen and oxygen atoms in total. The maximum absolute atomic E-state index is 5.44. The van der Waals surface area contributed by atoms with E-state index in [2.05, 4.69) is 53.7 Å². The molecule has 4 heteroatoms. The predicted octanol–water partition coefficient (Wildman–Crippen LogP) is 4.46. The van der Waals surface area contributed by atoms with Crippen LogP contribution in [0.3, 0.4) is 0 Å². The molecule has 1 heterocycles. The van der Waals surface area contributed by atoms with Gasteiger partial charge in [0, 0.05) is 6.20 Å². The Morgan fingerprint density at radius 2 is 1.86 bits per heavy atom. The molecule has 0 aliphatic heterocycles. The van der Waals surface area contributed by atoms with E-state index in [0.717, 1.165) is 17.8 Å². The lowest BCUT2D eigenvalue weighted by Crippen LogP contribution is -2.33. The number of rotatable bonds is 5. The summed E-state index contributed by atoms with van der Waals surface area (Å²) in [7, 11) is 0. The fourth-order valence-electron chi connectivity index (χ4n) is 2.29. The summed E-state index contributed by atoms with van der Waals surface area (Å²) in [6.45, 7) is 6.45. The third kappa shape index (κ3) is 5.11. The lowest BCUT2D eigenvalue weighted by Gasteiger charge is -2.23. The van der Waals surface area contributed by atoms with E-state index < -0.39 is 0 Å². The zero-order chi connectivity index (χ0) is 15.9. The summed E-state index contributed by atoms with van der Waals surface area (Å²) in [5.41, 5.74) is 2.38.